The summed E-state index contributed by atoms with van der Waals surface area (Å²) in [7, 11) is 0. The summed E-state index contributed by atoms with van der Waals surface area (Å²) in [6.45, 7) is 0. The average molecular weight is 377 g/mol. The number of fused-ring (bicyclic) bond motifs is 1. The largest absolute Gasteiger partial charge is 0.508 e. The fourth-order valence-electron chi connectivity index (χ4n) is 3.41. The maximum atomic E-state index is 12.7. The summed E-state index contributed by atoms with van der Waals surface area (Å²) in [6.07, 6.45) is 1.95. The number of carbonyl (C=O) groups is 1. The summed E-state index contributed by atoms with van der Waals surface area (Å²) in [5.74, 6) is 3.02. The van der Waals surface area contributed by atoms with E-state index in [0.717, 1.165) is 29.9 Å². The van der Waals surface area contributed by atoms with E-state index >= 15 is 0 Å². The second-order valence-corrected chi connectivity index (χ2v) is 8.57. The molecular weight excluding hydrogens is 358 g/mol. The van der Waals surface area contributed by atoms with Crippen molar-refractivity contribution in [3.8, 4) is 5.75 Å². The van der Waals surface area contributed by atoms with Gasteiger partial charge in [0.2, 0.25) is 5.91 Å². The number of aromatic nitrogens is 2. The number of phenols is 1. The predicted octanol–water partition coefficient (Wildman–Crippen LogP) is 2.72. The van der Waals surface area contributed by atoms with Gasteiger partial charge < -0.3 is 10.4 Å². The molecule has 0 aliphatic carbocycles. The van der Waals surface area contributed by atoms with E-state index in [9.17, 15) is 14.7 Å². The molecule has 1 aromatic heterocycles. The number of rotatable bonds is 2. The van der Waals surface area contributed by atoms with Gasteiger partial charge in [0.15, 0.2) is 0 Å². The zero-order valence-electron chi connectivity index (χ0n) is 13.5. The minimum absolute atomic E-state index is 0.105. The molecule has 1 aromatic carbocycles. The lowest BCUT2D eigenvalue weighted by Crippen LogP contribution is -2.22. The van der Waals surface area contributed by atoms with Crippen molar-refractivity contribution in [3.63, 3.8) is 0 Å². The highest BCUT2D eigenvalue weighted by Crippen LogP contribution is 2.42. The number of hydrogen-bond acceptors (Lipinski definition) is 5. The van der Waals surface area contributed by atoms with Crippen LogP contribution in [0.25, 0.3) is 0 Å². The molecule has 0 bridgehead atoms. The Morgan fingerprint density at radius 2 is 2.00 bits per heavy atom. The summed E-state index contributed by atoms with van der Waals surface area (Å²) in [6, 6.07) is 7.10. The Bertz CT molecular complexity index is 855. The van der Waals surface area contributed by atoms with E-state index in [1.54, 1.807) is 18.2 Å². The van der Waals surface area contributed by atoms with Crippen LogP contribution in [0.3, 0.4) is 0 Å². The number of H-pyrrole nitrogens is 1. The Balaban J connectivity index is 1.82. The first-order valence-corrected chi connectivity index (χ1v) is 10.5. The Kier molecular flexibility index (Phi) is 4.56. The molecule has 2 aromatic rings. The van der Waals surface area contributed by atoms with E-state index in [2.05, 4.69) is 10.4 Å². The summed E-state index contributed by atoms with van der Waals surface area (Å²) >= 11 is 3.33. The molecule has 0 radical (unpaired) electrons. The van der Waals surface area contributed by atoms with Crippen LogP contribution in [-0.4, -0.2) is 38.1 Å². The van der Waals surface area contributed by atoms with Crippen LogP contribution in [0.4, 0.5) is 5.82 Å². The lowest BCUT2D eigenvalue weighted by atomic mass is 10.1. The van der Waals surface area contributed by atoms with Crippen LogP contribution in [0.15, 0.2) is 29.1 Å². The van der Waals surface area contributed by atoms with Crippen LogP contribution < -0.4 is 10.9 Å². The molecule has 3 N–H and O–H groups in total. The van der Waals surface area contributed by atoms with E-state index in [0.29, 0.717) is 11.4 Å². The normalized spacial score (nSPS) is 21.4. The molecule has 1 unspecified atom stereocenters. The molecule has 132 valence electrons. The zero-order chi connectivity index (χ0) is 17.4. The molecule has 4 rings (SSSR count). The highest BCUT2D eigenvalue weighted by Gasteiger charge is 2.32. The average Bonchev–Trinajstić information content (AvgIpc) is 2.82. The van der Waals surface area contributed by atoms with Gasteiger partial charge in [-0.15, -0.1) is 11.8 Å². The molecule has 1 amide bonds. The number of anilines is 1. The third-order valence-corrected chi connectivity index (χ3v) is 6.91. The van der Waals surface area contributed by atoms with Gasteiger partial charge in [-0.1, -0.05) is 12.1 Å². The fraction of sp³-hybridized carbons (Fsp3) is 0.412. The number of nitrogens with zero attached hydrogens (tertiary/aromatic N) is 1. The zero-order valence-corrected chi connectivity index (χ0v) is 15.2. The van der Waals surface area contributed by atoms with E-state index in [1.807, 2.05) is 22.5 Å². The number of hydrogen-bond donors (Lipinski definition) is 3. The molecule has 6 nitrogen and oxygen atoms in total. The maximum Gasteiger partial charge on any atom is 0.270 e. The highest BCUT2D eigenvalue weighted by molar-refractivity contribution is 8.00. The van der Waals surface area contributed by atoms with Gasteiger partial charge in [0.05, 0.1) is 22.6 Å². The molecule has 2 aliphatic heterocycles. The second kappa shape index (κ2) is 6.84. The number of thioether (sulfide) groups is 2. The summed E-state index contributed by atoms with van der Waals surface area (Å²) in [5, 5.41) is 15.4. The van der Waals surface area contributed by atoms with Crippen molar-refractivity contribution < 1.29 is 9.90 Å². The SMILES string of the molecule is O=C1CSC(c2cccc(O)c2)c2c(n(C3CCSCC3)[nH]c2=O)N1. The molecular formula is C17H19N3O3S2. The number of phenolic OH excluding ortho intramolecular Hbond substituents is 1. The van der Waals surface area contributed by atoms with Gasteiger partial charge in [0.25, 0.3) is 5.56 Å². The van der Waals surface area contributed by atoms with Gasteiger partial charge >= 0.3 is 0 Å². The third-order valence-electron chi connectivity index (χ3n) is 4.59. The van der Waals surface area contributed by atoms with Gasteiger partial charge in [0.1, 0.15) is 11.6 Å². The Labute approximate surface area is 153 Å². The lowest BCUT2D eigenvalue weighted by Gasteiger charge is -2.24. The van der Waals surface area contributed by atoms with Crippen molar-refractivity contribution in [2.45, 2.75) is 24.1 Å². The minimum Gasteiger partial charge on any atom is -0.508 e. The number of benzene rings is 1. The second-order valence-electron chi connectivity index (χ2n) is 6.25. The number of aromatic hydroxyl groups is 1. The van der Waals surface area contributed by atoms with E-state index in [4.69, 9.17) is 0 Å². The van der Waals surface area contributed by atoms with Crippen LogP contribution in [0.1, 0.15) is 35.3 Å². The molecule has 2 aliphatic rings. The van der Waals surface area contributed by atoms with Crippen molar-refractivity contribution in [2.75, 3.05) is 22.6 Å². The molecule has 1 saturated heterocycles. The lowest BCUT2D eigenvalue weighted by molar-refractivity contribution is -0.113. The first-order valence-electron chi connectivity index (χ1n) is 8.26. The predicted molar refractivity (Wildman–Crippen MR) is 102 cm³/mol. The van der Waals surface area contributed by atoms with Crippen molar-refractivity contribution in [3.05, 3.63) is 45.7 Å². The number of amides is 1. The van der Waals surface area contributed by atoms with Crippen LogP contribution in [0, 0.1) is 0 Å². The van der Waals surface area contributed by atoms with Crippen LogP contribution in [0.2, 0.25) is 0 Å². The number of aromatic amines is 1. The first-order chi connectivity index (χ1) is 12.1. The standard InChI is InChI=1S/C17H19N3O3S2/c21-12-3-1-2-10(8-12)15-14-16(18-13(22)9-25-15)20(19-17(14)23)11-4-6-24-7-5-11/h1-3,8,11,15,21H,4-7,9H2,(H,18,22)(H,19,23). The number of carbonyl (C=O) groups excluding carboxylic acids is 1. The van der Waals surface area contributed by atoms with E-state index < -0.39 is 0 Å². The molecule has 1 fully saturated rings. The molecule has 3 heterocycles. The Hall–Kier alpha value is -1.80. The molecule has 0 spiro atoms. The monoisotopic (exact) mass is 377 g/mol. The molecule has 1 atom stereocenters. The third kappa shape index (κ3) is 3.20. The van der Waals surface area contributed by atoms with E-state index in [1.165, 1.54) is 11.8 Å². The maximum absolute atomic E-state index is 12.7. The van der Waals surface area contributed by atoms with Gasteiger partial charge in [-0.25, -0.2) is 0 Å². The van der Waals surface area contributed by atoms with Crippen molar-refractivity contribution in [1.82, 2.24) is 9.78 Å². The quantitative estimate of drug-likeness (QED) is 0.749. The van der Waals surface area contributed by atoms with Crippen molar-refractivity contribution in [2.24, 2.45) is 0 Å². The topological polar surface area (TPSA) is 87.1 Å². The van der Waals surface area contributed by atoms with E-state index in [-0.39, 0.29) is 34.3 Å². The Morgan fingerprint density at radius 3 is 2.76 bits per heavy atom. The van der Waals surface area contributed by atoms with Crippen LogP contribution >= 0.6 is 23.5 Å². The van der Waals surface area contributed by atoms with Crippen LogP contribution in [0.5, 0.6) is 5.75 Å². The molecule has 25 heavy (non-hydrogen) atoms. The van der Waals surface area contributed by atoms with Gasteiger partial charge in [-0.05, 0) is 42.0 Å². The summed E-state index contributed by atoms with van der Waals surface area (Å²) in [5.41, 5.74) is 1.22. The van der Waals surface area contributed by atoms with Gasteiger partial charge in [-0.3, -0.25) is 19.4 Å². The van der Waals surface area contributed by atoms with Crippen molar-refractivity contribution >= 4 is 35.2 Å². The molecule has 0 saturated carbocycles. The first kappa shape index (κ1) is 16.7. The minimum atomic E-state index is -0.288. The Morgan fingerprint density at radius 1 is 1.20 bits per heavy atom. The number of nitrogens with one attached hydrogen (secondary N) is 2. The highest BCUT2D eigenvalue weighted by atomic mass is 32.2. The fourth-order valence-corrected chi connectivity index (χ4v) is 5.61. The molecule has 8 heteroatoms. The van der Waals surface area contributed by atoms with Gasteiger partial charge in [0, 0.05) is 0 Å². The van der Waals surface area contributed by atoms with Crippen molar-refractivity contribution in [1.29, 1.82) is 0 Å². The smallest absolute Gasteiger partial charge is 0.270 e. The summed E-state index contributed by atoms with van der Waals surface area (Å²) in [4.78, 5) is 25.0. The summed E-state index contributed by atoms with van der Waals surface area (Å²) < 4.78 is 1.86. The van der Waals surface area contributed by atoms with Crippen LogP contribution in [-0.2, 0) is 4.79 Å². The van der Waals surface area contributed by atoms with Gasteiger partial charge in [-0.2, -0.15) is 11.8 Å².